The predicted molar refractivity (Wildman–Crippen MR) is 135 cm³/mol. The summed E-state index contributed by atoms with van der Waals surface area (Å²) in [4.78, 5) is 13.2. The Hall–Kier alpha value is -4.16. The van der Waals surface area contributed by atoms with Crippen molar-refractivity contribution in [2.45, 2.75) is 24.8 Å². The Balaban J connectivity index is 1.53. The van der Waals surface area contributed by atoms with E-state index in [0.717, 1.165) is 64.1 Å². The molecule has 34 heavy (non-hydrogen) atoms. The van der Waals surface area contributed by atoms with Gasteiger partial charge in [-0.1, -0.05) is 36.4 Å². The summed E-state index contributed by atoms with van der Waals surface area (Å²) in [5, 5.41) is 3.52. The molecule has 0 amide bonds. The van der Waals surface area contributed by atoms with Gasteiger partial charge in [0.2, 0.25) is 0 Å². The van der Waals surface area contributed by atoms with Gasteiger partial charge in [-0.25, -0.2) is 9.97 Å². The Kier molecular flexibility index (Phi) is 4.07. The number of nitrogens with one attached hydrogen (secondary N) is 2. The topological polar surface area (TPSA) is 84.6 Å². The molecule has 7 rings (SSSR count). The molecule has 2 aromatic carbocycles. The van der Waals surface area contributed by atoms with Crippen molar-refractivity contribution in [1.82, 2.24) is 19.5 Å². The van der Waals surface area contributed by atoms with Crippen LogP contribution in [0.4, 0.5) is 11.5 Å². The fraction of sp³-hybridized carbons (Fsp3) is 0.143. The highest BCUT2D eigenvalue weighted by Gasteiger charge is 2.34. The maximum Gasteiger partial charge on any atom is 0.154 e. The normalized spacial score (nSPS) is 15.3. The summed E-state index contributed by atoms with van der Waals surface area (Å²) >= 11 is 0. The molecule has 0 unspecified atom stereocenters. The first-order valence-corrected chi connectivity index (χ1v) is 11.7. The summed E-state index contributed by atoms with van der Waals surface area (Å²) < 4.78 is 2.23. The van der Waals surface area contributed by atoms with E-state index in [1.54, 1.807) is 0 Å². The minimum Gasteiger partial charge on any atom is -0.360 e. The summed E-state index contributed by atoms with van der Waals surface area (Å²) in [6.07, 6.45) is 7.04. The minimum atomic E-state index is -0.186. The van der Waals surface area contributed by atoms with Crippen LogP contribution in [-0.2, 0) is 5.54 Å². The Morgan fingerprint density at radius 1 is 0.912 bits per heavy atom. The molecule has 6 heteroatoms. The summed E-state index contributed by atoms with van der Waals surface area (Å²) in [6.45, 7) is 0. The molecule has 166 valence electrons. The third-order valence-corrected chi connectivity index (χ3v) is 7.16. The third kappa shape index (κ3) is 2.79. The van der Waals surface area contributed by atoms with Gasteiger partial charge in [-0.05, 0) is 61.2 Å². The average molecular weight is 445 g/mol. The molecule has 3 aromatic heterocycles. The van der Waals surface area contributed by atoms with Gasteiger partial charge in [0, 0.05) is 29.1 Å². The van der Waals surface area contributed by atoms with E-state index in [1.807, 2.05) is 36.7 Å². The van der Waals surface area contributed by atoms with Gasteiger partial charge >= 0.3 is 0 Å². The van der Waals surface area contributed by atoms with Gasteiger partial charge in [0.1, 0.15) is 11.5 Å². The van der Waals surface area contributed by atoms with Crippen LogP contribution in [0.25, 0.3) is 39.7 Å². The molecule has 2 aliphatic rings. The van der Waals surface area contributed by atoms with Crippen LogP contribution in [0.3, 0.4) is 0 Å². The van der Waals surface area contributed by atoms with E-state index in [4.69, 9.17) is 10.7 Å². The highest BCUT2D eigenvalue weighted by Crippen LogP contribution is 2.45. The number of hydrogen-bond donors (Lipinski definition) is 3. The highest BCUT2D eigenvalue weighted by molar-refractivity contribution is 5.90. The second-order valence-corrected chi connectivity index (χ2v) is 9.18. The lowest BCUT2D eigenvalue weighted by Gasteiger charge is -2.38. The lowest BCUT2D eigenvalue weighted by molar-refractivity contribution is 0.253. The molecule has 5 aromatic rings. The third-order valence-electron chi connectivity index (χ3n) is 7.16. The number of pyridine rings is 1. The number of hydrogen-bond acceptors (Lipinski definition) is 4. The van der Waals surface area contributed by atoms with Crippen LogP contribution in [0.1, 0.15) is 24.8 Å². The maximum absolute atomic E-state index is 6.61. The Labute approximate surface area is 197 Å². The van der Waals surface area contributed by atoms with Crippen molar-refractivity contribution in [3.05, 3.63) is 90.8 Å². The van der Waals surface area contributed by atoms with Crippen LogP contribution < -0.4 is 11.1 Å². The SMILES string of the molecule is NC1(c2ccc(-c3c(-c4ccc[nH]4)nc4n3-c3cccnc3Nc3ccccc3-4)cc2)CCC1. The first-order valence-electron chi connectivity index (χ1n) is 11.7. The van der Waals surface area contributed by atoms with Crippen molar-refractivity contribution < 1.29 is 0 Å². The zero-order valence-corrected chi connectivity index (χ0v) is 18.6. The molecule has 6 nitrogen and oxygen atoms in total. The Bertz CT molecular complexity index is 1510. The van der Waals surface area contributed by atoms with E-state index in [0.29, 0.717) is 0 Å². The highest BCUT2D eigenvalue weighted by atomic mass is 15.2. The number of aromatic amines is 1. The smallest absolute Gasteiger partial charge is 0.154 e. The van der Waals surface area contributed by atoms with Crippen molar-refractivity contribution in [3.63, 3.8) is 0 Å². The number of H-pyrrole nitrogens is 1. The second-order valence-electron chi connectivity index (χ2n) is 9.18. The number of nitrogens with zero attached hydrogens (tertiary/aromatic N) is 3. The molecule has 4 heterocycles. The standard InChI is InChI=1S/C28H24N6/c29-28(14-5-15-28)19-12-10-18(11-13-19)25-24(22-8-3-16-30-22)33-27-20-6-1-2-7-21(20)32-26-23(34(25)27)9-4-17-31-26/h1-4,6-13,16-17,30H,5,14-15,29H2,(H,31,32). The molecule has 0 saturated heterocycles. The second kappa shape index (κ2) is 7.17. The molecule has 0 atom stereocenters. The summed E-state index contributed by atoms with van der Waals surface area (Å²) in [5.41, 5.74) is 14.6. The minimum absolute atomic E-state index is 0.186. The molecular formula is C28H24N6. The van der Waals surface area contributed by atoms with Gasteiger partial charge < -0.3 is 16.0 Å². The van der Waals surface area contributed by atoms with Gasteiger partial charge in [-0.3, -0.25) is 4.57 Å². The number of aromatic nitrogens is 4. The molecule has 0 bridgehead atoms. The van der Waals surface area contributed by atoms with Gasteiger partial charge in [0.05, 0.1) is 22.8 Å². The van der Waals surface area contributed by atoms with E-state index in [-0.39, 0.29) is 5.54 Å². The van der Waals surface area contributed by atoms with E-state index in [2.05, 4.69) is 68.4 Å². The molecule has 1 fully saturated rings. The summed E-state index contributed by atoms with van der Waals surface area (Å²) in [6, 6.07) is 25.1. The van der Waals surface area contributed by atoms with Crippen LogP contribution >= 0.6 is 0 Å². The number of benzene rings is 2. The first kappa shape index (κ1) is 19.3. The van der Waals surface area contributed by atoms with Crippen molar-refractivity contribution in [3.8, 4) is 39.7 Å². The van der Waals surface area contributed by atoms with Gasteiger partial charge in [0.15, 0.2) is 5.82 Å². The first-order chi connectivity index (χ1) is 16.7. The number of imidazole rings is 1. The molecule has 0 spiro atoms. The van der Waals surface area contributed by atoms with Crippen LogP contribution in [0.15, 0.2) is 85.2 Å². The number of rotatable bonds is 3. The predicted octanol–water partition coefficient (Wildman–Crippen LogP) is 5.99. The Morgan fingerprint density at radius 2 is 1.76 bits per heavy atom. The fourth-order valence-electron chi connectivity index (χ4n) is 5.16. The molecular weight excluding hydrogens is 420 g/mol. The van der Waals surface area contributed by atoms with Crippen LogP contribution in [0, 0.1) is 0 Å². The van der Waals surface area contributed by atoms with E-state index in [9.17, 15) is 0 Å². The monoisotopic (exact) mass is 444 g/mol. The summed E-state index contributed by atoms with van der Waals surface area (Å²) in [5.74, 6) is 1.69. The van der Waals surface area contributed by atoms with Crippen molar-refractivity contribution >= 4 is 11.5 Å². The average Bonchev–Trinajstić information content (AvgIpc) is 3.49. The largest absolute Gasteiger partial charge is 0.360 e. The van der Waals surface area contributed by atoms with Crippen molar-refractivity contribution in [1.29, 1.82) is 0 Å². The van der Waals surface area contributed by atoms with Gasteiger partial charge in [-0.15, -0.1) is 0 Å². The summed E-state index contributed by atoms with van der Waals surface area (Å²) in [7, 11) is 0. The Morgan fingerprint density at radius 3 is 2.53 bits per heavy atom. The zero-order valence-electron chi connectivity index (χ0n) is 18.6. The quantitative estimate of drug-likeness (QED) is 0.313. The van der Waals surface area contributed by atoms with Crippen LogP contribution in [0.5, 0.6) is 0 Å². The zero-order chi connectivity index (χ0) is 22.7. The van der Waals surface area contributed by atoms with Gasteiger partial charge in [-0.2, -0.15) is 0 Å². The van der Waals surface area contributed by atoms with Crippen molar-refractivity contribution in [2.24, 2.45) is 5.73 Å². The van der Waals surface area contributed by atoms with Crippen LogP contribution in [0.2, 0.25) is 0 Å². The number of nitrogens with two attached hydrogens (primary N) is 1. The molecule has 1 saturated carbocycles. The molecule has 4 N–H and O–H groups in total. The fourth-order valence-corrected chi connectivity index (χ4v) is 5.16. The van der Waals surface area contributed by atoms with Gasteiger partial charge in [0.25, 0.3) is 0 Å². The molecule has 1 aliphatic heterocycles. The van der Waals surface area contributed by atoms with E-state index < -0.39 is 0 Å². The lowest BCUT2D eigenvalue weighted by atomic mass is 9.72. The maximum atomic E-state index is 6.61. The molecule has 0 radical (unpaired) electrons. The van der Waals surface area contributed by atoms with E-state index >= 15 is 0 Å². The van der Waals surface area contributed by atoms with E-state index in [1.165, 1.54) is 12.0 Å². The molecule has 1 aliphatic carbocycles. The van der Waals surface area contributed by atoms with Crippen LogP contribution in [-0.4, -0.2) is 19.5 Å². The lowest BCUT2D eigenvalue weighted by Crippen LogP contribution is -2.43. The number of para-hydroxylation sites is 1. The number of fused-ring (bicyclic) bond motifs is 5. The number of anilines is 2. The van der Waals surface area contributed by atoms with Crippen molar-refractivity contribution in [2.75, 3.05) is 5.32 Å².